The van der Waals surface area contributed by atoms with Gasteiger partial charge in [-0.15, -0.1) is 5.10 Å². The molecule has 0 radical (unpaired) electrons. The zero-order valence-corrected chi connectivity index (χ0v) is 15.1. The van der Waals surface area contributed by atoms with E-state index in [-0.39, 0.29) is 11.5 Å². The lowest BCUT2D eigenvalue weighted by atomic mass is 10.2. The van der Waals surface area contributed by atoms with E-state index in [1.54, 1.807) is 35.3 Å². The van der Waals surface area contributed by atoms with Gasteiger partial charge in [0.1, 0.15) is 12.1 Å². The van der Waals surface area contributed by atoms with Crippen molar-refractivity contribution in [1.29, 1.82) is 0 Å². The Morgan fingerprint density at radius 2 is 1.61 bits per heavy atom. The van der Waals surface area contributed by atoms with Crippen LogP contribution < -0.4 is 9.80 Å². The lowest BCUT2D eigenvalue weighted by Crippen LogP contribution is -2.47. The Hall–Kier alpha value is -3.49. The van der Waals surface area contributed by atoms with Crippen molar-refractivity contribution < 1.29 is 9.31 Å². The number of benzene rings is 2. The molecule has 0 atom stereocenters. The Balaban J connectivity index is 1.35. The molecule has 144 valence electrons. The largest absolute Gasteiger partial charge is 0.368 e. The van der Waals surface area contributed by atoms with Gasteiger partial charge in [-0.05, 0) is 29.8 Å². The van der Waals surface area contributed by atoms with Gasteiger partial charge in [0.25, 0.3) is 5.69 Å². The molecular weight excluding hydrogens is 363 g/mol. The van der Waals surface area contributed by atoms with E-state index in [9.17, 15) is 14.5 Å². The third kappa shape index (κ3) is 3.93. The standard InChI is InChI=1S/C19H19FN6O2/c20-16-3-7-17(8-4-16)23-9-11-24(12-10-23)19-21-14-25(22-19)13-15-1-5-18(6-2-15)26(27)28/h1-8,14H,9-13H2. The van der Waals surface area contributed by atoms with Crippen LogP contribution in [0.3, 0.4) is 0 Å². The van der Waals surface area contributed by atoms with Gasteiger partial charge in [-0.2, -0.15) is 0 Å². The molecule has 28 heavy (non-hydrogen) atoms. The minimum atomic E-state index is -0.414. The molecule has 0 bridgehead atoms. The molecule has 2 heterocycles. The van der Waals surface area contributed by atoms with Crippen molar-refractivity contribution in [2.24, 2.45) is 0 Å². The van der Waals surface area contributed by atoms with Gasteiger partial charge in [-0.3, -0.25) is 10.1 Å². The fourth-order valence-electron chi connectivity index (χ4n) is 3.23. The molecular formula is C19H19FN6O2. The third-order valence-corrected chi connectivity index (χ3v) is 4.77. The number of anilines is 2. The molecule has 8 nitrogen and oxygen atoms in total. The fourth-order valence-corrected chi connectivity index (χ4v) is 3.23. The van der Waals surface area contributed by atoms with Gasteiger partial charge in [0.15, 0.2) is 0 Å². The van der Waals surface area contributed by atoms with Gasteiger partial charge in [0, 0.05) is 44.0 Å². The normalized spacial score (nSPS) is 14.3. The van der Waals surface area contributed by atoms with Gasteiger partial charge in [0.05, 0.1) is 11.5 Å². The second-order valence-corrected chi connectivity index (χ2v) is 6.62. The van der Waals surface area contributed by atoms with Crippen LogP contribution >= 0.6 is 0 Å². The SMILES string of the molecule is O=[N+]([O-])c1ccc(Cn2cnc(N3CCN(c4ccc(F)cc4)CC3)n2)cc1. The molecule has 1 fully saturated rings. The molecule has 1 aliphatic heterocycles. The smallest absolute Gasteiger partial charge is 0.269 e. The molecule has 2 aromatic carbocycles. The van der Waals surface area contributed by atoms with Crippen LogP contribution in [-0.4, -0.2) is 45.9 Å². The number of non-ortho nitro benzene ring substituents is 1. The van der Waals surface area contributed by atoms with E-state index in [2.05, 4.69) is 19.9 Å². The van der Waals surface area contributed by atoms with Crippen LogP contribution in [0.1, 0.15) is 5.56 Å². The van der Waals surface area contributed by atoms with Crippen LogP contribution in [0.15, 0.2) is 54.9 Å². The summed E-state index contributed by atoms with van der Waals surface area (Å²) in [7, 11) is 0. The molecule has 0 N–H and O–H groups in total. The van der Waals surface area contributed by atoms with Crippen LogP contribution in [0, 0.1) is 15.9 Å². The number of nitro groups is 1. The Morgan fingerprint density at radius 1 is 0.964 bits per heavy atom. The Labute approximate surface area is 161 Å². The Morgan fingerprint density at radius 3 is 2.25 bits per heavy atom. The summed E-state index contributed by atoms with van der Waals surface area (Å²) < 4.78 is 14.8. The molecule has 0 saturated carbocycles. The summed E-state index contributed by atoms with van der Waals surface area (Å²) in [6.07, 6.45) is 1.67. The second kappa shape index (κ2) is 7.63. The molecule has 1 aromatic heterocycles. The summed E-state index contributed by atoms with van der Waals surface area (Å²) in [6, 6.07) is 13.0. The molecule has 4 rings (SSSR count). The third-order valence-electron chi connectivity index (χ3n) is 4.77. The summed E-state index contributed by atoms with van der Waals surface area (Å²) in [6.45, 7) is 3.67. The van der Waals surface area contributed by atoms with Crippen molar-refractivity contribution in [3.05, 3.63) is 76.4 Å². The van der Waals surface area contributed by atoms with Crippen molar-refractivity contribution in [3.63, 3.8) is 0 Å². The van der Waals surface area contributed by atoms with Crippen LogP contribution in [0.4, 0.5) is 21.7 Å². The number of piperazine rings is 1. The lowest BCUT2D eigenvalue weighted by molar-refractivity contribution is -0.384. The van der Waals surface area contributed by atoms with E-state index in [1.807, 2.05) is 0 Å². The first-order valence-electron chi connectivity index (χ1n) is 8.97. The molecule has 0 unspecified atom stereocenters. The maximum atomic E-state index is 13.1. The van der Waals surface area contributed by atoms with Crippen LogP contribution in [0.5, 0.6) is 0 Å². The van der Waals surface area contributed by atoms with Crippen LogP contribution in [0.2, 0.25) is 0 Å². The summed E-state index contributed by atoms with van der Waals surface area (Å²) in [5.74, 6) is 0.436. The highest BCUT2D eigenvalue weighted by Gasteiger charge is 2.20. The van der Waals surface area contributed by atoms with Crippen molar-refractivity contribution in [1.82, 2.24) is 14.8 Å². The summed E-state index contributed by atoms with van der Waals surface area (Å²) in [5.41, 5.74) is 2.00. The van der Waals surface area contributed by atoms with Gasteiger partial charge < -0.3 is 9.80 Å². The maximum absolute atomic E-state index is 13.1. The molecule has 0 amide bonds. The van der Waals surface area contributed by atoms with E-state index in [1.165, 1.54) is 24.3 Å². The number of rotatable bonds is 5. The Bertz CT molecular complexity index is 949. The minimum Gasteiger partial charge on any atom is -0.368 e. The molecule has 9 heteroatoms. The predicted octanol–water partition coefficient (Wildman–Crippen LogP) is 2.70. The van der Waals surface area contributed by atoms with Crippen LogP contribution in [-0.2, 0) is 6.54 Å². The topological polar surface area (TPSA) is 80.3 Å². The molecule has 0 aliphatic carbocycles. The van der Waals surface area contributed by atoms with Gasteiger partial charge >= 0.3 is 0 Å². The number of nitro benzene ring substituents is 1. The number of hydrogen-bond acceptors (Lipinski definition) is 6. The highest BCUT2D eigenvalue weighted by Crippen LogP contribution is 2.19. The van der Waals surface area contributed by atoms with E-state index in [4.69, 9.17) is 0 Å². The number of nitrogens with zero attached hydrogens (tertiary/aromatic N) is 6. The van der Waals surface area contributed by atoms with Gasteiger partial charge in [-0.1, -0.05) is 12.1 Å². The van der Waals surface area contributed by atoms with Gasteiger partial charge in [-0.25, -0.2) is 14.1 Å². The molecule has 3 aromatic rings. The molecule has 0 spiro atoms. The first kappa shape index (κ1) is 17.9. The predicted molar refractivity (Wildman–Crippen MR) is 103 cm³/mol. The first-order chi connectivity index (χ1) is 13.6. The monoisotopic (exact) mass is 382 g/mol. The van der Waals surface area contributed by atoms with Crippen molar-refractivity contribution in [3.8, 4) is 0 Å². The highest BCUT2D eigenvalue weighted by atomic mass is 19.1. The lowest BCUT2D eigenvalue weighted by Gasteiger charge is -2.35. The van der Waals surface area contributed by atoms with E-state index >= 15 is 0 Å². The number of aromatic nitrogens is 3. The zero-order valence-electron chi connectivity index (χ0n) is 15.1. The van der Waals surface area contributed by atoms with E-state index in [0.29, 0.717) is 12.5 Å². The quantitative estimate of drug-likeness (QED) is 0.499. The maximum Gasteiger partial charge on any atom is 0.269 e. The summed E-state index contributed by atoms with van der Waals surface area (Å²) in [4.78, 5) is 19.0. The summed E-state index contributed by atoms with van der Waals surface area (Å²) >= 11 is 0. The second-order valence-electron chi connectivity index (χ2n) is 6.62. The van der Waals surface area contributed by atoms with Crippen molar-refractivity contribution >= 4 is 17.3 Å². The van der Waals surface area contributed by atoms with E-state index in [0.717, 1.165) is 37.4 Å². The van der Waals surface area contributed by atoms with Gasteiger partial charge in [0.2, 0.25) is 5.95 Å². The average molecular weight is 382 g/mol. The first-order valence-corrected chi connectivity index (χ1v) is 8.97. The van der Waals surface area contributed by atoms with E-state index < -0.39 is 4.92 Å². The molecule has 1 aliphatic rings. The summed E-state index contributed by atoms with van der Waals surface area (Å²) in [5, 5.41) is 15.3. The average Bonchev–Trinajstić information content (AvgIpc) is 3.18. The van der Waals surface area contributed by atoms with Crippen molar-refractivity contribution in [2.75, 3.05) is 36.0 Å². The fraction of sp³-hybridized carbons (Fsp3) is 0.263. The minimum absolute atomic E-state index is 0.0713. The Kier molecular flexibility index (Phi) is 4.88. The van der Waals surface area contributed by atoms with Crippen molar-refractivity contribution in [2.45, 2.75) is 6.54 Å². The zero-order chi connectivity index (χ0) is 19.5. The number of halogens is 1. The molecule has 1 saturated heterocycles. The number of hydrogen-bond donors (Lipinski definition) is 0. The highest BCUT2D eigenvalue weighted by molar-refractivity contribution is 5.48. The van der Waals surface area contributed by atoms with Crippen LogP contribution in [0.25, 0.3) is 0 Å².